The number of aliphatic hydroxyl groups excluding tert-OH is 1. The van der Waals surface area contributed by atoms with Gasteiger partial charge in [-0.2, -0.15) is 0 Å². The summed E-state index contributed by atoms with van der Waals surface area (Å²) in [5.74, 6) is 0. The van der Waals surface area contributed by atoms with E-state index in [2.05, 4.69) is 0 Å². The average molecular weight is 866 g/mol. The fourth-order valence-electron chi connectivity index (χ4n) is 25.9. The third kappa shape index (κ3) is 1.44. The molecule has 1 fully saturated rings. The van der Waals surface area contributed by atoms with E-state index in [9.17, 15) is 5.11 Å². The largest absolute Gasteiger partial charge is 0.633 e. The van der Waals surface area contributed by atoms with Crippen LogP contribution in [-0.2, 0) is 10.8 Å². The number of quaternary nitrogens is 1. The van der Waals surface area contributed by atoms with Gasteiger partial charge in [0, 0.05) is 6.61 Å². The van der Waals surface area contributed by atoms with Gasteiger partial charge in [-0.3, -0.25) is 0 Å². The van der Waals surface area contributed by atoms with Crippen molar-refractivity contribution in [3.05, 3.63) is 27.5 Å². The maximum absolute atomic E-state index is 17.0. The van der Waals surface area contributed by atoms with E-state index in [1.807, 2.05) is 0 Å². The topological polar surface area (TPSA) is 43.3 Å². The third-order valence-corrected chi connectivity index (χ3v) is 26.0. The molecule has 70 heavy (non-hydrogen) atoms. The van der Waals surface area contributed by atoms with Crippen LogP contribution >= 0.6 is 0 Å². The Labute approximate surface area is 382 Å². The minimum absolute atomic E-state index is 0.136. The first kappa shape index (κ1) is 26.9. The lowest BCUT2D eigenvalue weighted by molar-refractivity contribution is -0.871. The molecule has 0 radical (unpaired) electrons. The summed E-state index contributed by atoms with van der Waals surface area (Å²) in [5, 5.41) is 114. The highest BCUT2D eigenvalue weighted by Crippen LogP contribution is 2.85. The molecule has 0 atom stereocenters. The molecule has 3 heteroatoms. The zero-order chi connectivity index (χ0) is 41.9. The van der Waals surface area contributed by atoms with Crippen molar-refractivity contribution in [3.8, 4) is 0 Å². The van der Waals surface area contributed by atoms with E-state index in [1.165, 1.54) is 0 Å². The van der Waals surface area contributed by atoms with Crippen molar-refractivity contribution in [3.63, 3.8) is 0 Å². The van der Waals surface area contributed by atoms with Crippen molar-refractivity contribution in [2.24, 2.45) is 0 Å². The first-order valence-corrected chi connectivity index (χ1v) is 26.7. The molecule has 1 heterocycles. The molecule has 0 amide bonds. The molecular weight excluding hydrogens is 851 g/mol. The van der Waals surface area contributed by atoms with E-state index in [0.29, 0.717) is 19.6 Å². The standard InChI is InChI=1S/C67H15NO2/c69-5-3-1-2-4-68(70)6-66-62-54-46-36-26-18-10-8-9-12-16-14(10)22-30-24(16)34-28-20(12)21-13(9)17-15-11(8)19(18)27-33-23(15)31-25(17)35-29(21)39-38(28)48-42(34)52-44(30)50(40(46)32(22)26)58(62)60(52)64-56(48)57-49(39)43(35)53-45(31)51-41(33)47(37(27)36)55(54)63(66)59(51)61(53)65(57)67(64,66)7-68/h69H,1-7H2. The Bertz CT molecular complexity index is 6560. The van der Waals surface area contributed by atoms with Crippen LogP contribution in [0.4, 0.5) is 0 Å². The summed E-state index contributed by atoms with van der Waals surface area (Å²) in [6.45, 7) is 2.09. The Morgan fingerprint density at radius 2 is 0.400 bits per heavy atom. The maximum atomic E-state index is 17.0. The number of hydroxylamine groups is 3. The molecule has 28 aromatic rings. The summed E-state index contributed by atoms with van der Waals surface area (Å²) in [6.07, 6.45) is 2.56. The highest BCUT2D eigenvalue weighted by atomic mass is 16.5. The molecule has 0 saturated carbocycles. The van der Waals surface area contributed by atoms with Crippen LogP contribution in [0.5, 0.6) is 0 Å². The minimum atomic E-state index is -0.461. The van der Waals surface area contributed by atoms with Gasteiger partial charge in [-0.15, -0.1) is 0 Å². The number of nitrogens with zero attached hydrogens (tertiary/aromatic N) is 1. The summed E-state index contributed by atoms with van der Waals surface area (Å²) in [5.41, 5.74) is 5.55. The molecule has 0 unspecified atom stereocenters. The molecule has 1 N–H and O–H groups in total. The number of likely N-dealkylation sites (tertiary alicyclic amines) is 1. The number of unbranched alkanes of at least 4 members (excludes halogenated alkanes) is 2. The van der Waals surface area contributed by atoms with Crippen molar-refractivity contribution in [1.82, 2.24) is 0 Å². The van der Waals surface area contributed by atoms with Crippen molar-refractivity contribution in [2.75, 3.05) is 26.2 Å². The number of benzene rings is 18. The maximum Gasteiger partial charge on any atom is 0.0939 e. The second-order valence-corrected chi connectivity index (χ2v) is 26.4. The monoisotopic (exact) mass is 865 g/mol. The van der Waals surface area contributed by atoms with E-state index in [-0.39, 0.29) is 11.3 Å². The summed E-state index contributed by atoms with van der Waals surface area (Å²) in [7, 11) is 0. The molecule has 0 aromatic heterocycles. The summed E-state index contributed by atoms with van der Waals surface area (Å²) < 4.78 is -0.136. The first-order chi connectivity index (χ1) is 34.7. The SMILES string of the molecule is [O-][N+]1(CCCCCO)CC23c4c5c6c7c8c9c(c%10c%11c2c2c4c4c%12c5c5c6c6c8c8c%13c9c9c%10c%10c%11c%11c2c2c4c4c%12c%12c5c5c6c8c6c8c%13c9c9c%10c%10c%11c2c2c4c4c%12c5c6c5c8c9c%10c2c45)C73C1. The van der Waals surface area contributed by atoms with Gasteiger partial charge in [0.15, 0.2) is 0 Å². The summed E-state index contributed by atoms with van der Waals surface area (Å²) in [6, 6.07) is 0. The molecule has 28 aromatic carbocycles. The minimum Gasteiger partial charge on any atom is -0.633 e. The molecule has 4 aliphatic carbocycles. The van der Waals surface area contributed by atoms with Gasteiger partial charge in [0.2, 0.25) is 0 Å². The van der Waals surface area contributed by atoms with Crippen molar-refractivity contribution in [2.45, 2.75) is 30.1 Å². The third-order valence-electron chi connectivity index (χ3n) is 26.0. The van der Waals surface area contributed by atoms with Gasteiger partial charge in [0.05, 0.1) is 30.5 Å². The smallest absolute Gasteiger partial charge is 0.0939 e. The van der Waals surface area contributed by atoms with Crippen LogP contribution in [0, 0.1) is 5.21 Å². The Hall–Kier alpha value is -7.66. The number of aliphatic hydroxyl groups is 1. The molecule has 1 aliphatic heterocycles. The normalized spacial score (nSPS) is 24.8. The van der Waals surface area contributed by atoms with Crippen LogP contribution in [0.25, 0.3) is 291 Å². The van der Waals surface area contributed by atoms with Gasteiger partial charge in [-0.25, -0.2) is 0 Å². The van der Waals surface area contributed by atoms with Gasteiger partial charge < -0.3 is 15.0 Å². The van der Waals surface area contributed by atoms with E-state index in [4.69, 9.17) is 0 Å². The number of rotatable bonds is 5. The van der Waals surface area contributed by atoms with E-state index >= 15 is 5.21 Å². The first-order valence-electron chi connectivity index (χ1n) is 26.7. The number of hydrogen-bond acceptors (Lipinski definition) is 2. The molecule has 33 rings (SSSR count). The highest BCUT2D eigenvalue weighted by Gasteiger charge is 2.76. The second-order valence-electron chi connectivity index (χ2n) is 26.4. The Balaban J connectivity index is 1.14. The van der Waals surface area contributed by atoms with E-state index < -0.39 is 10.8 Å². The highest BCUT2D eigenvalue weighted by molar-refractivity contribution is 6.82. The molecule has 5 aliphatic rings. The van der Waals surface area contributed by atoms with Crippen LogP contribution < -0.4 is 0 Å². The van der Waals surface area contributed by atoms with Crippen LogP contribution in [0.15, 0.2) is 0 Å². The zero-order valence-electron chi connectivity index (χ0n) is 36.3. The molecular formula is C67H15NO2. The lowest BCUT2D eigenvalue weighted by atomic mass is 9.50. The van der Waals surface area contributed by atoms with Gasteiger partial charge in [0.1, 0.15) is 0 Å². The van der Waals surface area contributed by atoms with E-state index in [0.717, 1.165) is 19.3 Å². The van der Waals surface area contributed by atoms with Crippen LogP contribution in [0.2, 0.25) is 0 Å². The molecule has 2 spiro atoms. The zero-order valence-corrected chi connectivity index (χ0v) is 36.3. The Morgan fingerprint density at radius 3 is 0.557 bits per heavy atom. The molecule has 1 saturated heterocycles. The fourth-order valence-corrected chi connectivity index (χ4v) is 25.9. The molecule has 300 valence electrons. The summed E-state index contributed by atoms with van der Waals surface area (Å²) in [4.78, 5) is 0. The lowest BCUT2D eigenvalue weighted by Gasteiger charge is -2.47. The second kappa shape index (κ2) is 6.10. The summed E-state index contributed by atoms with van der Waals surface area (Å²) >= 11 is 0. The number of hydrogen-bond donors (Lipinski definition) is 1. The van der Waals surface area contributed by atoms with E-state index in [1.54, 1.807) is 313 Å². The van der Waals surface area contributed by atoms with Gasteiger partial charge >= 0.3 is 0 Å². The van der Waals surface area contributed by atoms with Crippen molar-refractivity contribution < 1.29 is 9.75 Å². The van der Waals surface area contributed by atoms with Gasteiger partial charge in [0.25, 0.3) is 0 Å². The predicted molar refractivity (Wildman–Crippen MR) is 293 cm³/mol. The molecule has 0 bridgehead atoms. The van der Waals surface area contributed by atoms with Gasteiger partial charge in [-0.05, 0) is 332 Å². The van der Waals surface area contributed by atoms with Crippen molar-refractivity contribution in [1.29, 1.82) is 0 Å². The average Bonchev–Trinajstić information content (AvgIpc) is 4.24. The van der Waals surface area contributed by atoms with Crippen molar-refractivity contribution >= 4 is 291 Å². The van der Waals surface area contributed by atoms with Crippen LogP contribution in [0.1, 0.15) is 41.5 Å². The lowest BCUT2D eigenvalue weighted by Crippen LogP contribution is -2.51. The Kier molecular flexibility index (Phi) is 2.35. The quantitative estimate of drug-likeness (QED) is 0.0811. The fraction of sp³-hybridized carbons (Fsp3) is 0.134. The van der Waals surface area contributed by atoms with Gasteiger partial charge in [-0.1, -0.05) is 0 Å². The van der Waals surface area contributed by atoms with Crippen LogP contribution in [-0.4, -0.2) is 36.0 Å². The predicted octanol–water partition coefficient (Wildman–Crippen LogP) is 16.8. The Morgan fingerprint density at radius 1 is 0.243 bits per heavy atom. The molecule has 3 nitrogen and oxygen atoms in total. The van der Waals surface area contributed by atoms with Crippen LogP contribution in [0.3, 0.4) is 0 Å².